The summed E-state index contributed by atoms with van der Waals surface area (Å²) in [5.74, 6) is -3.87. The van der Waals surface area contributed by atoms with Crippen LogP contribution in [0.1, 0.15) is 104 Å². The number of carbonyl (C=O) groups excluding carboxylic acids is 1. The van der Waals surface area contributed by atoms with Gasteiger partial charge in [0.2, 0.25) is 12.1 Å². The number of hydrogen-bond donors (Lipinski definition) is 2. The molecule has 0 bridgehead atoms. The van der Waals surface area contributed by atoms with Crippen LogP contribution in [-0.4, -0.2) is 95.1 Å². The van der Waals surface area contributed by atoms with Gasteiger partial charge in [-0.15, -0.1) is 0 Å². The molecule has 6 unspecified atom stereocenters. The molecule has 2 N–H and O–H groups in total. The number of aliphatic carboxylic acids is 1. The van der Waals surface area contributed by atoms with Gasteiger partial charge in [-0.2, -0.15) is 0 Å². The van der Waals surface area contributed by atoms with Crippen molar-refractivity contribution < 1.29 is 58.7 Å². The highest BCUT2D eigenvalue weighted by Gasteiger charge is 2.45. The Balaban J connectivity index is 1.08. The van der Waals surface area contributed by atoms with Crippen LogP contribution in [-0.2, 0) is 38.5 Å². The summed E-state index contributed by atoms with van der Waals surface area (Å²) >= 11 is 0. The highest BCUT2D eigenvalue weighted by Crippen LogP contribution is 2.36. The van der Waals surface area contributed by atoms with E-state index in [9.17, 15) is 34.9 Å². The summed E-state index contributed by atoms with van der Waals surface area (Å²) < 4.78 is 18.2. The molecular formula is C33H54N2O14. The van der Waals surface area contributed by atoms with Gasteiger partial charge in [0, 0.05) is 40.9 Å². The largest absolute Gasteiger partial charge is 0.481 e. The van der Waals surface area contributed by atoms with Crippen molar-refractivity contribution in [1.82, 2.24) is 0 Å². The van der Waals surface area contributed by atoms with E-state index in [1.807, 2.05) is 0 Å². The molecule has 280 valence electrons. The average Bonchev–Trinajstić information content (AvgIpc) is 3.08. The Hall–Kier alpha value is -2.50. The molecule has 0 aromatic carbocycles. The quantitative estimate of drug-likeness (QED) is 0.0896. The second-order valence-corrected chi connectivity index (χ2v) is 15.3. The Kier molecular flexibility index (Phi) is 15.0. The standard InChI is InChI=1S/C33H54N2O14/c1-33(2,19-44-25-6-10-27(11-7-25)48-32(38)30-16-24(35(41)42)5-14-29(30)31(36)37)20-45-26-8-12-28(13-9-26)49-47-18-22-15-23(34(39)40)4-3-21(22)17-46-43/h21-30,43H,3-20H2,1-2H3,(H,36,37). The van der Waals surface area contributed by atoms with Gasteiger partial charge in [0.05, 0.1) is 56.6 Å². The van der Waals surface area contributed by atoms with Crippen molar-refractivity contribution in [3.8, 4) is 0 Å². The van der Waals surface area contributed by atoms with Crippen molar-refractivity contribution in [2.24, 2.45) is 29.1 Å². The fourth-order valence-corrected chi connectivity index (χ4v) is 7.72. The lowest BCUT2D eigenvalue weighted by Crippen LogP contribution is -2.42. The van der Waals surface area contributed by atoms with Crippen LogP contribution in [0.3, 0.4) is 0 Å². The Morgan fingerprint density at radius 3 is 1.78 bits per heavy atom. The van der Waals surface area contributed by atoms with E-state index in [1.165, 1.54) is 0 Å². The van der Waals surface area contributed by atoms with Crippen LogP contribution in [0.2, 0.25) is 0 Å². The van der Waals surface area contributed by atoms with E-state index >= 15 is 0 Å². The molecule has 0 amide bonds. The summed E-state index contributed by atoms with van der Waals surface area (Å²) in [7, 11) is 0. The average molecular weight is 703 g/mol. The number of nitro groups is 2. The molecule has 4 rings (SSSR count). The van der Waals surface area contributed by atoms with Crippen molar-refractivity contribution in [2.45, 2.75) is 140 Å². The molecule has 16 nitrogen and oxygen atoms in total. The predicted molar refractivity (Wildman–Crippen MR) is 170 cm³/mol. The van der Waals surface area contributed by atoms with Gasteiger partial charge in [0.25, 0.3) is 0 Å². The van der Waals surface area contributed by atoms with Crippen LogP contribution in [0.4, 0.5) is 0 Å². The Bertz CT molecular complexity index is 1090. The maximum absolute atomic E-state index is 12.9. The van der Waals surface area contributed by atoms with Gasteiger partial charge in [0.15, 0.2) is 0 Å². The van der Waals surface area contributed by atoms with E-state index in [2.05, 4.69) is 18.7 Å². The molecule has 0 radical (unpaired) electrons. The van der Waals surface area contributed by atoms with Gasteiger partial charge in [0.1, 0.15) is 6.10 Å². The molecule has 6 atom stereocenters. The van der Waals surface area contributed by atoms with Crippen LogP contribution in [0.25, 0.3) is 0 Å². The van der Waals surface area contributed by atoms with Gasteiger partial charge >= 0.3 is 11.9 Å². The fraction of sp³-hybridized carbons (Fsp3) is 0.939. The first-order valence-corrected chi connectivity index (χ1v) is 17.8. The highest BCUT2D eigenvalue weighted by molar-refractivity contribution is 5.81. The van der Waals surface area contributed by atoms with Crippen molar-refractivity contribution in [3.05, 3.63) is 20.2 Å². The maximum Gasteiger partial charge on any atom is 0.310 e. The molecule has 4 saturated carbocycles. The lowest BCUT2D eigenvalue weighted by atomic mass is 9.77. The van der Waals surface area contributed by atoms with Crippen LogP contribution in [0.15, 0.2) is 0 Å². The maximum atomic E-state index is 12.9. The summed E-state index contributed by atoms with van der Waals surface area (Å²) in [6.45, 7) is 5.55. The minimum Gasteiger partial charge on any atom is -0.481 e. The Morgan fingerprint density at radius 2 is 1.22 bits per heavy atom. The van der Waals surface area contributed by atoms with Crippen LogP contribution >= 0.6 is 0 Å². The normalized spacial score (nSPS) is 34.2. The number of rotatable bonds is 17. The summed E-state index contributed by atoms with van der Waals surface area (Å²) in [4.78, 5) is 61.9. The zero-order chi connectivity index (χ0) is 35.6. The smallest absolute Gasteiger partial charge is 0.310 e. The molecule has 0 aromatic heterocycles. The van der Waals surface area contributed by atoms with Gasteiger partial charge in [-0.25, -0.2) is 14.7 Å². The van der Waals surface area contributed by atoms with E-state index in [1.54, 1.807) is 0 Å². The molecular weight excluding hydrogens is 648 g/mol. The fourth-order valence-electron chi connectivity index (χ4n) is 7.72. The van der Waals surface area contributed by atoms with Gasteiger partial charge in [-0.3, -0.25) is 35.1 Å². The third-order valence-electron chi connectivity index (χ3n) is 10.9. The molecule has 0 aliphatic heterocycles. The zero-order valence-corrected chi connectivity index (χ0v) is 28.7. The predicted octanol–water partition coefficient (Wildman–Crippen LogP) is 4.86. The van der Waals surface area contributed by atoms with Crippen molar-refractivity contribution >= 4 is 11.9 Å². The lowest BCUT2D eigenvalue weighted by molar-refractivity contribution is -0.530. The molecule has 0 aromatic rings. The lowest BCUT2D eigenvalue weighted by Gasteiger charge is -2.35. The van der Waals surface area contributed by atoms with Crippen molar-refractivity contribution in [1.29, 1.82) is 0 Å². The minimum atomic E-state index is -1.12. The van der Waals surface area contributed by atoms with Crippen molar-refractivity contribution in [2.75, 3.05) is 26.4 Å². The Labute approximate surface area is 286 Å². The van der Waals surface area contributed by atoms with E-state index in [0.717, 1.165) is 25.7 Å². The first kappa shape index (κ1) is 39.3. The summed E-state index contributed by atoms with van der Waals surface area (Å²) in [5.41, 5.74) is -0.226. The molecule has 4 aliphatic carbocycles. The molecule has 0 saturated heterocycles. The monoisotopic (exact) mass is 702 g/mol. The molecule has 0 spiro atoms. The van der Waals surface area contributed by atoms with Crippen LogP contribution in [0, 0.1) is 49.3 Å². The number of ether oxygens (including phenoxy) is 3. The molecule has 4 aliphatic rings. The minimum absolute atomic E-state index is 0.00705. The van der Waals surface area contributed by atoms with E-state index < -0.39 is 40.8 Å². The summed E-state index contributed by atoms with van der Waals surface area (Å²) in [6.07, 6.45) is 6.97. The first-order valence-electron chi connectivity index (χ1n) is 17.8. The number of carboxylic acid groups (broad SMARTS) is 1. The highest BCUT2D eigenvalue weighted by atomic mass is 17.2. The van der Waals surface area contributed by atoms with Gasteiger partial charge < -0.3 is 19.3 Å². The third-order valence-corrected chi connectivity index (χ3v) is 10.9. The molecule has 4 fully saturated rings. The molecule has 16 heteroatoms. The Morgan fingerprint density at radius 1 is 0.694 bits per heavy atom. The summed E-state index contributed by atoms with van der Waals surface area (Å²) in [5, 5.41) is 40.9. The summed E-state index contributed by atoms with van der Waals surface area (Å²) in [6, 6.07) is -1.54. The first-order chi connectivity index (χ1) is 23.3. The molecule has 49 heavy (non-hydrogen) atoms. The number of hydrogen-bond acceptors (Lipinski definition) is 13. The number of carbonyl (C=O) groups is 2. The van der Waals surface area contributed by atoms with Gasteiger partial charge in [-0.1, -0.05) is 13.8 Å². The zero-order valence-electron chi connectivity index (χ0n) is 28.7. The van der Waals surface area contributed by atoms with E-state index in [4.69, 9.17) is 29.2 Å². The molecule has 0 heterocycles. The third kappa shape index (κ3) is 12.1. The van der Waals surface area contributed by atoms with E-state index in [-0.39, 0.29) is 79.1 Å². The topological polar surface area (TPSA) is 216 Å². The van der Waals surface area contributed by atoms with Crippen LogP contribution in [0.5, 0.6) is 0 Å². The van der Waals surface area contributed by atoms with Gasteiger partial charge in [-0.05, 0) is 76.0 Å². The van der Waals surface area contributed by atoms with Crippen molar-refractivity contribution in [3.63, 3.8) is 0 Å². The van der Waals surface area contributed by atoms with Crippen LogP contribution < -0.4 is 0 Å². The second kappa shape index (κ2) is 18.7. The number of esters is 1. The number of carboxylic acids is 1. The second-order valence-electron chi connectivity index (χ2n) is 15.3. The van der Waals surface area contributed by atoms with E-state index in [0.29, 0.717) is 58.2 Å². The SMILES string of the molecule is CC(C)(COC1CCC(OOCC2CC([N+](=O)[O-])CCC2COO)CC1)COC1CCC(OC(=O)C2CC([N+](=O)[O-])CCC2C(=O)O)CC1. The number of nitrogens with zero attached hydrogens (tertiary/aromatic N) is 2.